The van der Waals surface area contributed by atoms with E-state index in [1.165, 1.54) is 183 Å². The molecule has 621 valence electrons. The van der Waals surface area contributed by atoms with Crippen LogP contribution in [0.15, 0.2) is 297 Å². The molecule has 6 aromatic heterocycles. The smallest absolute Gasteiger partial charge is 0.155 e. The summed E-state index contributed by atoms with van der Waals surface area (Å²) in [6.45, 7) is 31.2. The molecule has 15 aromatic rings. The molecule has 9 aromatic carbocycles. The Balaban J connectivity index is 0.000000219. The predicted octanol–water partition coefficient (Wildman–Crippen LogP) is 30.0. The molecule has 3 radical (unpaired) electrons. The number of benzene rings is 9. The van der Waals surface area contributed by atoms with Crippen molar-refractivity contribution in [2.75, 3.05) is 0 Å². The SMILES string of the molecule is CC(=O)C=C(C)O.CC(=O)C=C(C)O.CC(=O)C=C(C)O.CC(C)c1cc(-c2cc3cc(-c4[c-]ccc(-c5ccccc5)c4)ncc3s2)cc(C(C)C)c1.CC(C)c1ccc(-c2cc3cc(-c4[c-]ccc(-c5ccccc5)c4)ncc3s2)cc1.CC(C)c1cccc(C(C)C)c1-c1cc2cc(-c3[c-]ccc(-c4ccccc4)c3)ncc2s1.[Ir].[Ir].[Ir]. The van der Waals surface area contributed by atoms with Gasteiger partial charge in [-0.15, -0.1) is 140 Å². The van der Waals surface area contributed by atoms with E-state index in [1.54, 1.807) is 11.3 Å². The van der Waals surface area contributed by atoms with Crippen molar-refractivity contribution < 1.29 is 90.0 Å². The van der Waals surface area contributed by atoms with Crippen LogP contribution in [0.2, 0.25) is 0 Å². The van der Waals surface area contributed by atoms with Crippen LogP contribution < -0.4 is 0 Å². The summed E-state index contributed by atoms with van der Waals surface area (Å²) in [5, 5.41) is 28.8. The van der Waals surface area contributed by atoms with Crippen molar-refractivity contribution in [1.82, 2.24) is 15.0 Å². The first-order valence-corrected chi connectivity index (χ1v) is 41.9. The first-order chi connectivity index (χ1) is 56.0. The molecule has 120 heavy (non-hydrogen) atoms. The topological polar surface area (TPSA) is 151 Å². The molecule has 15 rings (SSSR count). The first-order valence-electron chi connectivity index (χ1n) is 39.5. The Morgan fingerprint density at radius 2 is 0.617 bits per heavy atom. The number of aliphatic hydroxyl groups is 3. The summed E-state index contributed by atoms with van der Waals surface area (Å²) in [7, 11) is 0. The zero-order chi connectivity index (χ0) is 84.0. The number of nitrogens with zero attached hydrogens (tertiary/aromatic N) is 3. The average Bonchev–Trinajstić information content (AvgIpc) is 1.61. The summed E-state index contributed by atoms with van der Waals surface area (Å²) >= 11 is 5.46. The van der Waals surface area contributed by atoms with E-state index in [2.05, 4.69) is 294 Å². The Kier molecular flexibility index (Phi) is 37.7. The van der Waals surface area contributed by atoms with Gasteiger partial charge >= 0.3 is 0 Å². The van der Waals surface area contributed by atoms with E-state index in [0.29, 0.717) is 29.6 Å². The molecule has 0 amide bonds. The second-order valence-electron chi connectivity index (χ2n) is 30.5. The molecule has 0 aliphatic heterocycles. The number of fused-ring (bicyclic) bond motifs is 3. The van der Waals surface area contributed by atoms with Crippen LogP contribution in [0.1, 0.15) is 168 Å². The number of hydrogen-bond donors (Lipinski definition) is 3. The maximum Gasteiger partial charge on any atom is 0.155 e. The number of thiophene rings is 3. The van der Waals surface area contributed by atoms with Gasteiger partial charge < -0.3 is 30.3 Å². The fourth-order valence-electron chi connectivity index (χ4n) is 13.2. The van der Waals surface area contributed by atoms with E-state index in [9.17, 15) is 14.4 Å². The van der Waals surface area contributed by atoms with Crippen molar-refractivity contribution >= 4 is 81.6 Å². The number of pyridine rings is 3. The third kappa shape index (κ3) is 27.7. The fourth-order valence-corrected chi connectivity index (χ4v) is 16.3. The van der Waals surface area contributed by atoms with Crippen molar-refractivity contribution in [2.24, 2.45) is 0 Å². The van der Waals surface area contributed by atoms with Crippen LogP contribution in [0.25, 0.3) is 129 Å². The normalized spacial score (nSPS) is 11.2. The zero-order valence-corrected chi connectivity index (χ0v) is 80.2. The number of carbonyl (C=O) groups is 3. The van der Waals surface area contributed by atoms with Crippen LogP contribution in [0, 0.1) is 18.2 Å². The number of carbonyl (C=O) groups excluding carboxylic acids is 3. The van der Waals surface area contributed by atoms with Crippen molar-refractivity contribution in [3.05, 3.63) is 343 Å². The van der Waals surface area contributed by atoms with Crippen LogP contribution in [0.3, 0.4) is 0 Å². The molecule has 0 saturated heterocycles. The maximum absolute atomic E-state index is 10.0. The molecular formula is C105H102Ir3N3O6S3-3. The number of allylic oxidation sites excluding steroid dienone is 6. The molecular weight excluding hydrogens is 2070 g/mol. The van der Waals surface area contributed by atoms with Crippen LogP contribution in [0.4, 0.5) is 0 Å². The van der Waals surface area contributed by atoms with Gasteiger partial charge in [-0.3, -0.25) is 14.4 Å². The molecule has 6 heterocycles. The number of hydrogen-bond acceptors (Lipinski definition) is 12. The summed E-state index contributed by atoms with van der Waals surface area (Å²) < 4.78 is 3.65. The van der Waals surface area contributed by atoms with Crippen molar-refractivity contribution in [1.29, 1.82) is 0 Å². The quantitative estimate of drug-likeness (QED) is 0.0460. The van der Waals surface area contributed by atoms with Gasteiger partial charge in [-0.05, 0) is 184 Å². The number of aromatic nitrogens is 3. The Morgan fingerprint density at radius 3 is 0.908 bits per heavy atom. The zero-order valence-electron chi connectivity index (χ0n) is 70.6. The summed E-state index contributed by atoms with van der Waals surface area (Å²) in [6, 6.07) is 96.6. The third-order valence-electron chi connectivity index (χ3n) is 19.1. The van der Waals surface area contributed by atoms with Gasteiger partial charge in [-0.25, -0.2) is 0 Å². The molecule has 0 fully saturated rings. The van der Waals surface area contributed by atoms with Crippen LogP contribution in [-0.2, 0) is 74.7 Å². The Labute approximate surface area is 761 Å². The molecule has 0 bridgehead atoms. The van der Waals surface area contributed by atoms with E-state index in [4.69, 9.17) is 30.3 Å². The minimum absolute atomic E-state index is 0. The Morgan fingerprint density at radius 1 is 0.308 bits per heavy atom. The summed E-state index contributed by atoms with van der Waals surface area (Å²) in [4.78, 5) is 48.3. The van der Waals surface area contributed by atoms with Crippen molar-refractivity contribution in [3.8, 4) is 98.5 Å². The molecule has 3 N–H and O–H groups in total. The summed E-state index contributed by atoms with van der Waals surface area (Å²) in [6.07, 6.45) is 9.52. The molecule has 0 aliphatic carbocycles. The largest absolute Gasteiger partial charge is 0.512 e. The average molecular weight is 2170 g/mol. The van der Waals surface area contributed by atoms with Gasteiger partial charge in [0.25, 0.3) is 0 Å². The number of rotatable bonds is 17. The minimum atomic E-state index is -0.125. The van der Waals surface area contributed by atoms with Gasteiger partial charge in [0, 0.05) is 112 Å². The van der Waals surface area contributed by atoms with Crippen LogP contribution >= 0.6 is 34.0 Å². The van der Waals surface area contributed by atoms with Gasteiger partial charge in [0.2, 0.25) is 0 Å². The molecule has 0 aliphatic rings. The monoisotopic (exact) mass is 2180 g/mol. The van der Waals surface area contributed by atoms with Gasteiger partial charge in [0.15, 0.2) is 17.3 Å². The third-order valence-corrected chi connectivity index (χ3v) is 22.5. The van der Waals surface area contributed by atoms with E-state index < -0.39 is 0 Å². The number of ketones is 3. The fraction of sp³-hybridized carbons (Fsp3) is 0.200. The van der Waals surface area contributed by atoms with Crippen molar-refractivity contribution in [2.45, 2.75) is 140 Å². The minimum Gasteiger partial charge on any atom is -0.512 e. The van der Waals surface area contributed by atoms with Crippen LogP contribution in [0.5, 0.6) is 0 Å². The molecule has 15 heteroatoms. The van der Waals surface area contributed by atoms with Gasteiger partial charge in [-0.2, -0.15) is 0 Å². The Bertz CT molecular complexity index is 5870. The second kappa shape index (κ2) is 46.6. The van der Waals surface area contributed by atoms with Gasteiger partial charge in [-0.1, -0.05) is 239 Å². The Hall–Kier alpha value is -10.1. The molecule has 0 atom stereocenters. The first kappa shape index (κ1) is 97.0. The maximum atomic E-state index is 10.0. The van der Waals surface area contributed by atoms with Gasteiger partial charge in [0.1, 0.15) is 0 Å². The molecule has 0 saturated carbocycles. The van der Waals surface area contributed by atoms with E-state index in [1.807, 2.05) is 77.7 Å². The van der Waals surface area contributed by atoms with E-state index in [0.717, 1.165) is 33.8 Å². The van der Waals surface area contributed by atoms with E-state index in [-0.39, 0.29) is 94.9 Å². The van der Waals surface area contributed by atoms with Gasteiger partial charge in [0.05, 0.1) is 31.4 Å². The summed E-state index contributed by atoms with van der Waals surface area (Å²) in [5.74, 6) is 2.35. The number of aliphatic hydroxyl groups excluding tert-OH is 3. The summed E-state index contributed by atoms with van der Waals surface area (Å²) in [5.41, 5.74) is 24.1. The predicted molar refractivity (Wildman–Crippen MR) is 496 cm³/mol. The van der Waals surface area contributed by atoms with E-state index >= 15 is 0 Å². The molecule has 0 spiro atoms. The van der Waals surface area contributed by atoms with Crippen LogP contribution in [-0.4, -0.2) is 47.6 Å². The molecule has 0 unspecified atom stereocenters. The van der Waals surface area contributed by atoms with Crippen molar-refractivity contribution in [3.63, 3.8) is 0 Å². The standard InChI is InChI=1S/2C31H28NS.C28H22NS.3C5H8O2.3Ir/c1-20(2)26-14-9-15-27(21(3)4)31(26)29-18-25-17-28(32-19-30(25)33-29)24-13-8-12-23(16-24)22-10-6-5-7-11-22;1-20(2)25-14-26(21(3)4)16-27(15-25)30-18-28-17-29(32-19-31(28)33-30)24-12-8-11-23(13-24)22-9-6-5-7-10-22;1-19(2)20-11-13-22(14-12-20)27-17-25-16-26(29-18-28(25)30-27)24-10-6-9-23(15-24)21-7-4-3-5-8-21;3*1-4(6)3-5(2)7;;;/h5-12,14-21H,1-4H3;5-11,13-21H,1-4H3;3-9,11-19H,1-2H3;3*3,6H,1-2H3;;;/q3*-1;;;;;;. The molecule has 9 nitrogen and oxygen atoms in total. The second-order valence-corrected chi connectivity index (χ2v) is 33.8.